The van der Waals surface area contributed by atoms with Crippen molar-refractivity contribution in [3.8, 4) is 0 Å². The summed E-state index contributed by atoms with van der Waals surface area (Å²) in [7, 11) is 0. The van der Waals surface area contributed by atoms with Crippen LogP contribution in [0.3, 0.4) is 0 Å². The summed E-state index contributed by atoms with van der Waals surface area (Å²) < 4.78 is 0. The Kier molecular flexibility index (Phi) is 4.99. The lowest BCUT2D eigenvalue weighted by Gasteiger charge is -2.35. The highest BCUT2D eigenvalue weighted by atomic mass is 32.1. The van der Waals surface area contributed by atoms with Gasteiger partial charge in [-0.2, -0.15) is 0 Å². The van der Waals surface area contributed by atoms with Gasteiger partial charge in [-0.25, -0.2) is 4.98 Å². The van der Waals surface area contributed by atoms with E-state index in [-0.39, 0.29) is 5.54 Å². The molecule has 1 aliphatic carbocycles. The summed E-state index contributed by atoms with van der Waals surface area (Å²) in [5.74, 6) is 0. The third kappa shape index (κ3) is 3.29. The molecule has 0 aromatic carbocycles. The van der Waals surface area contributed by atoms with E-state index < -0.39 is 0 Å². The number of nitrogens with zero attached hydrogens (tertiary/aromatic N) is 1. The summed E-state index contributed by atoms with van der Waals surface area (Å²) in [5, 5.41) is 7.23. The molecule has 1 fully saturated rings. The Morgan fingerprint density at radius 2 is 1.94 bits per heavy atom. The molecule has 2 nitrogen and oxygen atoms in total. The molecule has 1 N–H and O–H groups in total. The Morgan fingerprint density at radius 3 is 2.53 bits per heavy atom. The molecular weight excluding hydrogens is 228 g/mol. The van der Waals surface area contributed by atoms with Crippen molar-refractivity contribution in [3.05, 3.63) is 16.6 Å². The molecule has 0 amide bonds. The minimum absolute atomic E-state index is 0.185. The molecule has 0 bridgehead atoms. The van der Waals surface area contributed by atoms with Crippen LogP contribution in [0.25, 0.3) is 0 Å². The molecule has 0 unspecified atom stereocenters. The van der Waals surface area contributed by atoms with Crippen LogP contribution in [0.4, 0.5) is 0 Å². The van der Waals surface area contributed by atoms with Gasteiger partial charge < -0.3 is 5.32 Å². The lowest BCUT2D eigenvalue weighted by molar-refractivity contribution is 0.252. The van der Waals surface area contributed by atoms with Crippen LogP contribution in [-0.4, -0.2) is 11.5 Å². The first kappa shape index (κ1) is 13.0. The van der Waals surface area contributed by atoms with Gasteiger partial charge >= 0.3 is 0 Å². The van der Waals surface area contributed by atoms with E-state index in [9.17, 15) is 0 Å². The fourth-order valence-corrected chi connectivity index (χ4v) is 3.67. The minimum Gasteiger partial charge on any atom is -0.305 e. The Labute approximate surface area is 109 Å². The molecule has 0 atom stereocenters. The standard InChI is InChI=1S/C14H24N2S/c1-2-10-16-14(13-15-11-12-17-13)8-6-4-3-5-7-9-14/h11-12,16H,2-10H2,1H3. The van der Waals surface area contributed by atoms with Gasteiger partial charge in [0.25, 0.3) is 0 Å². The summed E-state index contributed by atoms with van der Waals surface area (Å²) in [5.41, 5.74) is 0.185. The van der Waals surface area contributed by atoms with Gasteiger partial charge in [-0.05, 0) is 25.8 Å². The Balaban J connectivity index is 2.14. The molecular formula is C14H24N2S. The van der Waals surface area contributed by atoms with Gasteiger partial charge in [0.05, 0.1) is 5.54 Å². The van der Waals surface area contributed by atoms with Gasteiger partial charge in [-0.1, -0.05) is 39.0 Å². The fourth-order valence-electron chi connectivity index (χ4n) is 2.80. The van der Waals surface area contributed by atoms with E-state index >= 15 is 0 Å². The molecule has 1 aliphatic rings. The van der Waals surface area contributed by atoms with Crippen LogP contribution in [0.5, 0.6) is 0 Å². The van der Waals surface area contributed by atoms with E-state index in [1.54, 1.807) is 0 Å². The van der Waals surface area contributed by atoms with Crippen molar-refractivity contribution in [2.24, 2.45) is 0 Å². The van der Waals surface area contributed by atoms with Crippen molar-refractivity contribution in [3.63, 3.8) is 0 Å². The molecule has 0 aliphatic heterocycles. The monoisotopic (exact) mass is 252 g/mol. The molecule has 3 heteroatoms. The Morgan fingerprint density at radius 1 is 1.24 bits per heavy atom. The molecule has 96 valence electrons. The lowest BCUT2D eigenvalue weighted by Crippen LogP contribution is -2.43. The third-order valence-corrected chi connectivity index (χ3v) is 4.74. The molecule has 0 spiro atoms. The SMILES string of the molecule is CCCNC1(c2nccs2)CCCCCCC1. The van der Waals surface area contributed by atoms with Gasteiger partial charge in [-0.15, -0.1) is 11.3 Å². The maximum atomic E-state index is 4.59. The van der Waals surface area contributed by atoms with Gasteiger partial charge in [0.15, 0.2) is 0 Å². The molecule has 1 aromatic heterocycles. The van der Waals surface area contributed by atoms with Crippen LogP contribution in [0, 0.1) is 0 Å². The van der Waals surface area contributed by atoms with Crippen molar-refractivity contribution in [2.45, 2.75) is 63.8 Å². The first-order valence-corrected chi connectivity index (χ1v) is 7.90. The second-order valence-corrected chi connectivity index (χ2v) is 6.01. The van der Waals surface area contributed by atoms with E-state index in [2.05, 4.69) is 22.6 Å². The van der Waals surface area contributed by atoms with E-state index in [0.717, 1.165) is 6.54 Å². The quantitative estimate of drug-likeness (QED) is 0.873. The van der Waals surface area contributed by atoms with Crippen LogP contribution < -0.4 is 5.32 Å². The Bertz CT molecular complexity index is 295. The highest BCUT2D eigenvalue weighted by molar-refractivity contribution is 7.09. The van der Waals surface area contributed by atoms with Crippen LogP contribution in [0.2, 0.25) is 0 Å². The molecule has 0 radical (unpaired) electrons. The van der Waals surface area contributed by atoms with Crippen molar-refractivity contribution in [2.75, 3.05) is 6.54 Å². The summed E-state index contributed by atoms with van der Waals surface area (Å²) >= 11 is 1.82. The smallest absolute Gasteiger partial charge is 0.113 e. The van der Waals surface area contributed by atoms with Crippen LogP contribution in [0.15, 0.2) is 11.6 Å². The Hall–Kier alpha value is -0.410. The van der Waals surface area contributed by atoms with Gasteiger partial charge in [-0.3, -0.25) is 0 Å². The first-order valence-electron chi connectivity index (χ1n) is 7.02. The van der Waals surface area contributed by atoms with Crippen LogP contribution in [-0.2, 0) is 5.54 Å². The average molecular weight is 252 g/mol. The molecule has 1 aromatic rings. The van der Waals surface area contributed by atoms with E-state index in [1.165, 1.54) is 56.4 Å². The largest absolute Gasteiger partial charge is 0.305 e. The van der Waals surface area contributed by atoms with Crippen molar-refractivity contribution >= 4 is 11.3 Å². The zero-order chi connectivity index (χ0) is 12.0. The van der Waals surface area contributed by atoms with Crippen LogP contribution in [0.1, 0.15) is 63.3 Å². The van der Waals surface area contributed by atoms with Crippen molar-refractivity contribution < 1.29 is 0 Å². The van der Waals surface area contributed by atoms with Crippen molar-refractivity contribution in [1.29, 1.82) is 0 Å². The predicted octanol–water partition coefficient (Wildman–Crippen LogP) is 4.08. The molecule has 2 rings (SSSR count). The molecule has 1 heterocycles. The van der Waals surface area contributed by atoms with Gasteiger partial charge in [0.1, 0.15) is 5.01 Å². The number of rotatable bonds is 4. The summed E-state index contributed by atoms with van der Waals surface area (Å²) in [6.07, 6.45) is 12.6. The topological polar surface area (TPSA) is 24.9 Å². The highest BCUT2D eigenvalue weighted by Gasteiger charge is 2.33. The van der Waals surface area contributed by atoms with E-state index in [4.69, 9.17) is 0 Å². The average Bonchev–Trinajstić information content (AvgIpc) is 2.82. The van der Waals surface area contributed by atoms with Crippen LogP contribution >= 0.6 is 11.3 Å². The van der Waals surface area contributed by atoms with Crippen molar-refractivity contribution in [1.82, 2.24) is 10.3 Å². The predicted molar refractivity (Wildman–Crippen MR) is 74.4 cm³/mol. The second kappa shape index (κ2) is 6.50. The maximum Gasteiger partial charge on any atom is 0.113 e. The molecule has 0 saturated heterocycles. The summed E-state index contributed by atoms with van der Waals surface area (Å²) in [6, 6.07) is 0. The minimum atomic E-state index is 0.185. The maximum absolute atomic E-state index is 4.59. The molecule has 1 saturated carbocycles. The number of nitrogens with one attached hydrogen (secondary N) is 1. The lowest BCUT2D eigenvalue weighted by atomic mass is 9.84. The second-order valence-electron chi connectivity index (χ2n) is 5.11. The summed E-state index contributed by atoms with van der Waals surface area (Å²) in [4.78, 5) is 4.59. The van der Waals surface area contributed by atoms with Gasteiger partial charge in [0, 0.05) is 11.6 Å². The number of hydrogen-bond acceptors (Lipinski definition) is 3. The van der Waals surface area contributed by atoms with E-state index in [1.807, 2.05) is 17.5 Å². The van der Waals surface area contributed by atoms with E-state index in [0.29, 0.717) is 0 Å². The molecule has 17 heavy (non-hydrogen) atoms. The third-order valence-electron chi connectivity index (χ3n) is 3.76. The zero-order valence-corrected chi connectivity index (χ0v) is 11.7. The zero-order valence-electron chi connectivity index (χ0n) is 10.9. The first-order chi connectivity index (χ1) is 8.37. The number of aromatic nitrogens is 1. The number of thiazole rings is 1. The summed E-state index contributed by atoms with van der Waals surface area (Å²) in [6.45, 7) is 3.35. The normalized spacial score (nSPS) is 20.8. The highest BCUT2D eigenvalue weighted by Crippen LogP contribution is 2.36. The van der Waals surface area contributed by atoms with Gasteiger partial charge in [0.2, 0.25) is 0 Å². The number of hydrogen-bond donors (Lipinski definition) is 1. The fraction of sp³-hybridized carbons (Fsp3) is 0.786.